The molecular weight excluding hydrogens is 234 g/mol. The SMILES string of the molecule is CCOc1cc(CO)nc(C2CC2)c1OCOC. The molecule has 1 saturated carbocycles. The molecule has 0 atom stereocenters. The van der Waals surface area contributed by atoms with Gasteiger partial charge in [0.2, 0.25) is 0 Å². The Bertz CT molecular complexity index is 404. The molecule has 0 amide bonds. The van der Waals surface area contributed by atoms with Gasteiger partial charge in [0, 0.05) is 19.1 Å². The van der Waals surface area contributed by atoms with Crippen molar-refractivity contribution in [1.82, 2.24) is 4.98 Å². The first kappa shape index (κ1) is 13.1. The lowest BCUT2D eigenvalue weighted by atomic mass is 10.2. The molecule has 0 bridgehead atoms. The topological polar surface area (TPSA) is 60.8 Å². The molecular formula is C13H19NO4. The van der Waals surface area contributed by atoms with E-state index < -0.39 is 0 Å². The largest absolute Gasteiger partial charge is 0.490 e. The van der Waals surface area contributed by atoms with E-state index in [-0.39, 0.29) is 13.4 Å². The van der Waals surface area contributed by atoms with Crippen LogP contribution in [0.15, 0.2) is 6.07 Å². The Morgan fingerprint density at radius 1 is 1.39 bits per heavy atom. The van der Waals surface area contributed by atoms with Crippen molar-refractivity contribution in [3.63, 3.8) is 0 Å². The van der Waals surface area contributed by atoms with Gasteiger partial charge in [-0.25, -0.2) is 0 Å². The number of hydrogen-bond donors (Lipinski definition) is 1. The third-order valence-electron chi connectivity index (χ3n) is 2.77. The van der Waals surface area contributed by atoms with Crippen molar-refractivity contribution >= 4 is 0 Å². The summed E-state index contributed by atoms with van der Waals surface area (Å²) in [6.07, 6.45) is 2.22. The maximum Gasteiger partial charge on any atom is 0.189 e. The van der Waals surface area contributed by atoms with E-state index in [2.05, 4.69) is 4.98 Å². The Hall–Kier alpha value is -1.33. The van der Waals surface area contributed by atoms with E-state index in [0.717, 1.165) is 18.5 Å². The minimum absolute atomic E-state index is 0.0929. The molecule has 1 heterocycles. The summed E-state index contributed by atoms with van der Waals surface area (Å²) in [7, 11) is 1.58. The van der Waals surface area contributed by atoms with Crippen LogP contribution in [0.1, 0.15) is 37.1 Å². The van der Waals surface area contributed by atoms with E-state index in [9.17, 15) is 5.11 Å². The molecule has 0 radical (unpaired) electrons. The number of ether oxygens (including phenoxy) is 3. The van der Waals surface area contributed by atoms with E-state index in [1.54, 1.807) is 13.2 Å². The van der Waals surface area contributed by atoms with Gasteiger partial charge in [0.1, 0.15) is 0 Å². The molecule has 1 aliphatic rings. The number of rotatable bonds is 7. The molecule has 1 aliphatic carbocycles. The zero-order valence-electron chi connectivity index (χ0n) is 10.8. The van der Waals surface area contributed by atoms with Crippen molar-refractivity contribution in [2.45, 2.75) is 32.3 Å². The van der Waals surface area contributed by atoms with Crippen LogP contribution >= 0.6 is 0 Å². The Balaban J connectivity index is 2.35. The lowest BCUT2D eigenvalue weighted by Crippen LogP contribution is -2.07. The normalized spacial score (nSPS) is 14.6. The summed E-state index contributed by atoms with van der Waals surface area (Å²) in [6, 6.07) is 1.72. The third-order valence-corrected chi connectivity index (χ3v) is 2.77. The molecule has 18 heavy (non-hydrogen) atoms. The highest BCUT2D eigenvalue weighted by Gasteiger charge is 2.31. The van der Waals surface area contributed by atoms with Gasteiger partial charge in [-0.05, 0) is 19.8 Å². The highest BCUT2D eigenvalue weighted by molar-refractivity contribution is 5.47. The molecule has 5 nitrogen and oxygen atoms in total. The maximum absolute atomic E-state index is 9.24. The van der Waals surface area contributed by atoms with Gasteiger partial charge in [0.15, 0.2) is 18.3 Å². The molecule has 0 unspecified atom stereocenters. The number of aromatic nitrogens is 1. The molecule has 0 spiro atoms. The van der Waals surface area contributed by atoms with Gasteiger partial charge in [-0.3, -0.25) is 4.98 Å². The van der Waals surface area contributed by atoms with Crippen LogP contribution in [0.5, 0.6) is 11.5 Å². The second kappa shape index (κ2) is 6.02. The van der Waals surface area contributed by atoms with Crippen LogP contribution in [0.3, 0.4) is 0 Å². The Morgan fingerprint density at radius 2 is 2.17 bits per heavy atom. The van der Waals surface area contributed by atoms with Crippen LogP contribution in [-0.2, 0) is 11.3 Å². The molecule has 0 aromatic carbocycles. The minimum atomic E-state index is -0.0929. The average Bonchev–Trinajstić information content (AvgIpc) is 3.21. The number of nitrogens with zero attached hydrogens (tertiary/aromatic N) is 1. The van der Waals surface area contributed by atoms with Gasteiger partial charge in [-0.2, -0.15) is 0 Å². The van der Waals surface area contributed by atoms with E-state index in [0.29, 0.717) is 29.7 Å². The zero-order valence-corrected chi connectivity index (χ0v) is 10.8. The fraction of sp³-hybridized carbons (Fsp3) is 0.615. The fourth-order valence-corrected chi connectivity index (χ4v) is 1.82. The van der Waals surface area contributed by atoms with E-state index in [1.807, 2.05) is 6.92 Å². The molecule has 2 rings (SSSR count). The predicted molar refractivity (Wildman–Crippen MR) is 65.8 cm³/mol. The molecule has 100 valence electrons. The van der Waals surface area contributed by atoms with E-state index in [1.165, 1.54) is 0 Å². The first-order valence-electron chi connectivity index (χ1n) is 6.19. The lowest BCUT2D eigenvalue weighted by Gasteiger charge is -2.15. The van der Waals surface area contributed by atoms with Crippen LogP contribution in [0.2, 0.25) is 0 Å². The van der Waals surface area contributed by atoms with Gasteiger partial charge in [-0.1, -0.05) is 0 Å². The molecule has 1 fully saturated rings. The second-order valence-corrected chi connectivity index (χ2v) is 4.24. The minimum Gasteiger partial charge on any atom is -0.490 e. The maximum atomic E-state index is 9.24. The van der Waals surface area contributed by atoms with Crippen LogP contribution < -0.4 is 9.47 Å². The van der Waals surface area contributed by atoms with Crippen molar-refractivity contribution in [3.8, 4) is 11.5 Å². The fourth-order valence-electron chi connectivity index (χ4n) is 1.82. The molecule has 0 aliphatic heterocycles. The monoisotopic (exact) mass is 253 g/mol. The van der Waals surface area contributed by atoms with Crippen molar-refractivity contribution in [2.75, 3.05) is 20.5 Å². The summed E-state index contributed by atoms with van der Waals surface area (Å²) in [6.45, 7) is 2.53. The average molecular weight is 253 g/mol. The quantitative estimate of drug-likeness (QED) is 0.751. The molecule has 1 aromatic rings. The Kier molecular flexibility index (Phi) is 4.38. The highest BCUT2D eigenvalue weighted by Crippen LogP contribution is 2.46. The molecule has 1 N–H and O–H groups in total. The summed E-state index contributed by atoms with van der Waals surface area (Å²) in [5, 5.41) is 9.24. The first-order valence-corrected chi connectivity index (χ1v) is 6.19. The second-order valence-electron chi connectivity index (χ2n) is 4.24. The number of aliphatic hydroxyl groups is 1. The standard InChI is InChI=1S/C13H19NO4/c1-3-17-11-6-10(7-15)14-12(9-4-5-9)13(11)18-8-16-2/h6,9,15H,3-5,7-8H2,1-2H3. The summed E-state index contributed by atoms with van der Waals surface area (Å²) >= 11 is 0. The van der Waals surface area contributed by atoms with E-state index >= 15 is 0 Å². The van der Waals surface area contributed by atoms with Crippen molar-refractivity contribution in [3.05, 3.63) is 17.5 Å². The van der Waals surface area contributed by atoms with E-state index in [4.69, 9.17) is 14.2 Å². The van der Waals surface area contributed by atoms with Gasteiger partial charge < -0.3 is 19.3 Å². The number of hydrogen-bond acceptors (Lipinski definition) is 5. The van der Waals surface area contributed by atoms with Crippen molar-refractivity contribution in [1.29, 1.82) is 0 Å². The number of methoxy groups -OCH3 is 1. The first-order chi connectivity index (χ1) is 8.80. The number of pyridine rings is 1. The lowest BCUT2D eigenvalue weighted by molar-refractivity contribution is 0.0475. The number of aliphatic hydroxyl groups excluding tert-OH is 1. The van der Waals surface area contributed by atoms with Gasteiger partial charge in [0.05, 0.1) is 24.6 Å². The summed E-state index contributed by atoms with van der Waals surface area (Å²) in [4.78, 5) is 4.44. The Morgan fingerprint density at radius 3 is 2.72 bits per heavy atom. The van der Waals surface area contributed by atoms with Gasteiger partial charge in [-0.15, -0.1) is 0 Å². The highest BCUT2D eigenvalue weighted by atomic mass is 16.7. The summed E-state index contributed by atoms with van der Waals surface area (Å²) < 4.78 is 16.1. The Labute approximate surface area is 107 Å². The summed E-state index contributed by atoms with van der Waals surface area (Å²) in [5.41, 5.74) is 1.49. The molecule has 0 saturated heterocycles. The van der Waals surface area contributed by atoms with Crippen LogP contribution in [0, 0.1) is 0 Å². The predicted octanol–water partition coefficient (Wildman–Crippen LogP) is 1.83. The third kappa shape index (κ3) is 2.91. The summed E-state index contributed by atoms with van der Waals surface area (Å²) in [5.74, 6) is 1.71. The smallest absolute Gasteiger partial charge is 0.189 e. The molecule has 5 heteroatoms. The van der Waals surface area contributed by atoms with Crippen LogP contribution in [0.25, 0.3) is 0 Å². The molecule has 1 aromatic heterocycles. The van der Waals surface area contributed by atoms with Crippen LogP contribution in [0.4, 0.5) is 0 Å². The van der Waals surface area contributed by atoms with Crippen molar-refractivity contribution < 1.29 is 19.3 Å². The van der Waals surface area contributed by atoms with Crippen LogP contribution in [-0.4, -0.2) is 30.6 Å². The van der Waals surface area contributed by atoms with Gasteiger partial charge in [0.25, 0.3) is 0 Å². The van der Waals surface area contributed by atoms with Crippen molar-refractivity contribution in [2.24, 2.45) is 0 Å². The van der Waals surface area contributed by atoms with Gasteiger partial charge >= 0.3 is 0 Å². The zero-order chi connectivity index (χ0) is 13.0.